The van der Waals surface area contributed by atoms with Crippen LogP contribution in [0.4, 0.5) is 4.39 Å². The lowest BCUT2D eigenvalue weighted by Gasteiger charge is -2.03. The molecule has 0 spiro atoms. The molecule has 6 heteroatoms. The number of aromatic nitrogens is 1. The standard InChI is InChI=1S/C16H6ClFN2OS/c17-9-4-11(18)16-13(5-9)20-12(6-14(16)21)10-3-8(7-19)1-2-15(10)22-20/h1-6H. The molecule has 4 aromatic rings. The average Bonchev–Trinajstić information content (AvgIpc) is 2.84. The Labute approximate surface area is 132 Å². The molecular formula is C16H6ClFN2OS. The van der Waals surface area contributed by atoms with Crippen LogP contribution in [-0.2, 0) is 0 Å². The van der Waals surface area contributed by atoms with Gasteiger partial charge in [0.15, 0.2) is 5.43 Å². The topological polar surface area (TPSA) is 45.3 Å². The van der Waals surface area contributed by atoms with Crippen molar-refractivity contribution in [3.8, 4) is 6.07 Å². The first kappa shape index (κ1) is 13.3. The number of halogens is 2. The van der Waals surface area contributed by atoms with Crippen LogP contribution in [0.25, 0.3) is 26.5 Å². The Kier molecular flexibility index (Phi) is 2.73. The zero-order chi connectivity index (χ0) is 15.4. The number of benzene rings is 2. The summed E-state index contributed by atoms with van der Waals surface area (Å²) in [5, 5.41) is 10.1. The van der Waals surface area contributed by atoms with E-state index < -0.39 is 11.2 Å². The first-order chi connectivity index (χ1) is 10.6. The van der Waals surface area contributed by atoms with Crippen molar-refractivity contribution in [2.24, 2.45) is 0 Å². The molecule has 22 heavy (non-hydrogen) atoms. The first-order valence-corrected chi connectivity index (χ1v) is 7.51. The maximum atomic E-state index is 14.1. The van der Waals surface area contributed by atoms with E-state index in [0.717, 1.165) is 16.2 Å². The normalized spacial score (nSPS) is 11.3. The number of nitrogens with zero attached hydrogens (tertiary/aromatic N) is 2. The Morgan fingerprint density at radius 3 is 2.77 bits per heavy atom. The van der Waals surface area contributed by atoms with Gasteiger partial charge in [-0.3, -0.25) is 8.58 Å². The van der Waals surface area contributed by atoms with Crippen LogP contribution in [0.2, 0.25) is 5.02 Å². The zero-order valence-electron chi connectivity index (χ0n) is 10.9. The Morgan fingerprint density at radius 1 is 1.18 bits per heavy atom. The quantitative estimate of drug-likeness (QED) is 0.482. The Morgan fingerprint density at radius 2 is 2.00 bits per heavy atom. The van der Waals surface area contributed by atoms with Gasteiger partial charge in [0.2, 0.25) is 0 Å². The molecule has 0 fully saturated rings. The van der Waals surface area contributed by atoms with Crippen molar-refractivity contribution in [2.75, 3.05) is 0 Å². The van der Waals surface area contributed by atoms with E-state index in [1.807, 2.05) is 6.07 Å². The lowest BCUT2D eigenvalue weighted by Crippen LogP contribution is -2.05. The average molecular weight is 329 g/mol. The summed E-state index contributed by atoms with van der Waals surface area (Å²) in [6.45, 7) is 0. The molecule has 2 heterocycles. The molecule has 0 aliphatic heterocycles. The van der Waals surface area contributed by atoms with E-state index in [9.17, 15) is 9.18 Å². The van der Waals surface area contributed by atoms with Gasteiger partial charge in [0.25, 0.3) is 0 Å². The van der Waals surface area contributed by atoms with E-state index >= 15 is 0 Å². The maximum absolute atomic E-state index is 14.1. The summed E-state index contributed by atoms with van der Waals surface area (Å²) >= 11 is 7.31. The van der Waals surface area contributed by atoms with E-state index in [1.54, 1.807) is 22.0 Å². The number of pyridine rings is 1. The number of hydrogen-bond donors (Lipinski definition) is 0. The van der Waals surface area contributed by atoms with Gasteiger partial charge in [0, 0.05) is 16.5 Å². The van der Waals surface area contributed by atoms with E-state index in [-0.39, 0.29) is 10.4 Å². The van der Waals surface area contributed by atoms with Gasteiger partial charge in [-0.1, -0.05) is 23.1 Å². The molecule has 4 rings (SSSR count). The molecule has 0 bridgehead atoms. The second-order valence-corrected chi connectivity index (χ2v) is 6.31. The zero-order valence-corrected chi connectivity index (χ0v) is 12.5. The molecule has 0 aliphatic rings. The molecule has 2 aromatic heterocycles. The summed E-state index contributed by atoms with van der Waals surface area (Å²) in [4.78, 5) is 12.3. The summed E-state index contributed by atoms with van der Waals surface area (Å²) < 4.78 is 16.8. The highest BCUT2D eigenvalue weighted by Gasteiger charge is 2.14. The minimum atomic E-state index is -0.628. The molecule has 0 unspecified atom stereocenters. The van der Waals surface area contributed by atoms with Crippen molar-refractivity contribution in [2.45, 2.75) is 0 Å². The van der Waals surface area contributed by atoms with E-state index in [4.69, 9.17) is 16.9 Å². The molecule has 0 aliphatic carbocycles. The van der Waals surface area contributed by atoms with Gasteiger partial charge < -0.3 is 0 Å². The summed E-state index contributed by atoms with van der Waals surface area (Å²) in [5.74, 6) is -0.628. The Balaban J connectivity index is 2.31. The van der Waals surface area contributed by atoms with E-state index in [2.05, 4.69) is 6.07 Å². The van der Waals surface area contributed by atoms with Crippen LogP contribution < -0.4 is 5.43 Å². The van der Waals surface area contributed by atoms with Gasteiger partial charge in [-0.05, 0) is 30.3 Å². The summed E-state index contributed by atoms with van der Waals surface area (Å²) in [6, 6.07) is 11.5. The van der Waals surface area contributed by atoms with Gasteiger partial charge in [-0.2, -0.15) is 5.26 Å². The van der Waals surface area contributed by atoms with Crippen LogP contribution in [0.3, 0.4) is 0 Å². The minimum absolute atomic E-state index is 0.0222. The van der Waals surface area contributed by atoms with Gasteiger partial charge >= 0.3 is 0 Å². The highest BCUT2D eigenvalue weighted by Crippen LogP contribution is 2.31. The second-order valence-electron chi connectivity index (χ2n) is 4.88. The summed E-state index contributed by atoms with van der Waals surface area (Å²) in [6.07, 6.45) is 0. The van der Waals surface area contributed by atoms with E-state index in [0.29, 0.717) is 16.6 Å². The van der Waals surface area contributed by atoms with Gasteiger partial charge in [-0.15, -0.1) is 0 Å². The number of rotatable bonds is 0. The molecule has 0 saturated carbocycles. The SMILES string of the molecule is N#Cc1ccc2sn3c4cc(Cl)cc(F)c4c(=O)cc3c2c1. The van der Waals surface area contributed by atoms with Crippen molar-refractivity contribution in [1.29, 1.82) is 5.26 Å². The fourth-order valence-electron chi connectivity index (χ4n) is 2.61. The lowest BCUT2D eigenvalue weighted by molar-refractivity contribution is 0.639. The Hall–Kier alpha value is -2.42. The summed E-state index contributed by atoms with van der Waals surface area (Å²) in [5.41, 5.74) is 1.20. The van der Waals surface area contributed by atoms with Crippen LogP contribution in [0.15, 0.2) is 41.2 Å². The van der Waals surface area contributed by atoms with Crippen molar-refractivity contribution in [3.63, 3.8) is 0 Å². The summed E-state index contributed by atoms with van der Waals surface area (Å²) in [7, 11) is 0. The molecule has 0 atom stereocenters. The van der Waals surface area contributed by atoms with Gasteiger partial charge in [0.05, 0.1) is 32.8 Å². The predicted octanol–water partition coefficient (Wildman–Crippen LogP) is 4.33. The molecular weight excluding hydrogens is 323 g/mol. The largest absolute Gasteiger partial charge is 0.289 e. The predicted molar refractivity (Wildman–Crippen MR) is 86.2 cm³/mol. The van der Waals surface area contributed by atoms with Crippen molar-refractivity contribution in [1.82, 2.24) is 3.79 Å². The van der Waals surface area contributed by atoms with Crippen molar-refractivity contribution in [3.05, 3.63) is 63.0 Å². The number of fused-ring (bicyclic) bond motifs is 5. The highest BCUT2D eigenvalue weighted by atomic mass is 35.5. The van der Waals surface area contributed by atoms with Crippen LogP contribution in [0.1, 0.15) is 5.56 Å². The highest BCUT2D eigenvalue weighted by molar-refractivity contribution is 7.14. The minimum Gasteiger partial charge on any atom is -0.289 e. The molecule has 0 N–H and O–H groups in total. The first-order valence-electron chi connectivity index (χ1n) is 6.36. The monoisotopic (exact) mass is 328 g/mol. The smallest absolute Gasteiger partial charge is 0.193 e. The second kappa shape index (κ2) is 4.54. The number of nitriles is 1. The molecule has 106 valence electrons. The molecule has 0 radical (unpaired) electrons. The fourth-order valence-corrected chi connectivity index (χ4v) is 3.89. The molecule has 3 nitrogen and oxygen atoms in total. The molecule has 2 aromatic carbocycles. The molecule has 0 amide bonds. The fraction of sp³-hybridized carbons (Fsp3) is 0. The Bertz CT molecular complexity index is 1190. The third kappa shape index (κ3) is 1.75. The third-order valence-corrected chi connectivity index (χ3v) is 4.91. The van der Waals surface area contributed by atoms with Gasteiger partial charge in [-0.25, -0.2) is 4.39 Å². The van der Waals surface area contributed by atoms with Crippen LogP contribution in [0.5, 0.6) is 0 Å². The third-order valence-electron chi connectivity index (χ3n) is 3.56. The van der Waals surface area contributed by atoms with Crippen molar-refractivity contribution >= 4 is 49.6 Å². The maximum Gasteiger partial charge on any atom is 0.193 e. The molecule has 0 saturated heterocycles. The van der Waals surface area contributed by atoms with Crippen LogP contribution in [0, 0.1) is 17.1 Å². The van der Waals surface area contributed by atoms with Crippen LogP contribution in [-0.4, -0.2) is 3.79 Å². The van der Waals surface area contributed by atoms with E-state index in [1.165, 1.54) is 17.6 Å². The van der Waals surface area contributed by atoms with Gasteiger partial charge in [0.1, 0.15) is 5.82 Å². The van der Waals surface area contributed by atoms with Crippen molar-refractivity contribution < 1.29 is 4.39 Å². The van der Waals surface area contributed by atoms with Crippen LogP contribution >= 0.6 is 23.1 Å². The lowest BCUT2D eigenvalue weighted by atomic mass is 10.1. The number of hydrogen-bond acceptors (Lipinski definition) is 3.